The van der Waals surface area contributed by atoms with Crippen LogP contribution in [-0.4, -0.2) is 60.5 Å². The molecule has 41 heavy (non-hydrogen) atoms. The average Bonchev–Trinajstić information content (AvgIpc) is 2.95. The van der Waals surface area contributed by atoms with Gasteiger partial charge >= 0.3 is 0 Å². The number of halogens is 2. The highest BCUT2D eigenvalue weighted by atomic mass is 19.1. The molecule has 0 bridgehead atoms. The number of piperidine rings is 1. The summed E-state index contributed by atoms with van der Waals surface area (Å²) in [6.45, 7) is 8.06. The van der Waals surface area contributed by atoms with Crippen molar-refractivity contribution in [2.75, 3.05) is 48.3 Å². The monoisotopic (exact) mass is 565 g/mol. The van der Waals surface area contributed by atoms with Gasteiger partial charge in [-0.25, -0.2) is 13.8 Å². The number of rotatable bonds is 12. The van der Waals surface area contributed by atoms with E-state index in [1.165, 1.54) is 18.3 Å². The van der Waals surface area contributed by atoms with Crippen LogP contribution < -0.4 is 26.6 Å². The molecular weight excluding hydrogens is 528 g/mol. The van der Waals surface area contributed by atoms with E-state index in [1.807, 2.05) is 24.3 Å². The van der Waals surface area contributed by atoms with Crippen molar-refractivity contribution in [3.63, 3.8) is 0 Å². The highest BCUT2D eigenvalue weighted by Crippen LogP contribution is 2.26. The molecule has 0 aliphatic carbocycles. The number of nitrogens with two attached hydrogens (primary N) is 1. The van der Waals surface area contributed by atoms with Crippen molar-refractivity contribution < 1.29 is 18.4 Å². The largest absolute Gasteiger partial charge is 0.380 e. The average molecular weight is 566 g/mol. The Morgan fingerprint density at radius 2 is 1.68 bits per heavy atom. The number of aromatic nitrogens is 1. The van der Waals surface area contributed by atoms with E-state index < -0.39 is 17.5 Å². The number of amides is 2. The van der Waals surface area contributed by atoms with E-state index in [0.717, 1.165) is 56.5 Å². The minimum absolute atomic E-state index is 0.0845. The number of hydrogen-bond acceptors (Lipinski definition) is 7. The molecule has 2 heterocycles. The first-order valence-electron chi connectivity index (χ1n) is 13.9. The summed E-state index contributed by atoms with van der Waals surface area (Å²) in [5, 5.41) is 9.42. The Labute approximate surface area is 239 Å². The Morgan fingerprint density at radius 3 is 2.29 bits per heavy atom. The first-order chi connectivity index (χ1) is 19.7. The molecule has 9 nitrogen and oxygen atoms in total. The molecule has 0 unspecified atom stereocenters. The number of pyridine rings is 1. The van der Waals surface area contributed by atoms with Crippen LogP contribution >= 0.6 is 0 Å². The molecule has 3 aromatic rings. The van der Waals surface area contributed by atoms with E-state index in [-0.39, 0.29) is 24.1 Å². The highest BCUT2D eigenvalue weighted by molar-refractivity contribution is 5.98. The lowest BCUT2D eigenvalue weighted by atomic mass is 10.0. The maximum atomic E-state index is 13.6. The van der Waals surface area contributed by atoms with Gasteiger partial charge in [-0.3, -0.25) is 14.5 Å². The van der Waals surface area contributed by atoms with Crippen molar-refractivity contribution in [2.24, 2.45) is 5.73 Å². The number of benzene rings is 2. The number of anilines is 4. The van der Waals surface area contributed by atoms with Crippen LogP contribution in [0.25, 0.3) is 0 Å². The normalized spacial score (nSPS) is 13.7. The van der Waals surface area contributed by atoms with Crippen molar-refractivity contribution >= 4 is 34.7 Å². The second-order valence-corrected chi connectivity index (χ2v) is 10.1. The van der Waals surface area contributed by atoms with Crippen molar-refractivity contribution in [3.8, 4) is 0 Å². The molecule has 0 saturated carbocycles. The van der Waals surface area contributed by atoms with Crippen LogP contribution in [0.5, 0.6) is 0 Å². The van der Waals surface area contributed by atoms with Crippen LogP contribution in [0.4, 0.5) is 31.7 Å². The second kappa shape index (κ2) is 13.9. The summed E-state index contributed by atoms with van der Waals surface area (Å²) in [5.41, 5.74) is 8.32. The molecule has 0 atom stereocenters. The number of hydrogen-bond donors (Lipinski definition) is 4. The number of carbonyl (C=O) groups excluding carboxylic acids is 2. The fourth-order valence-corrected chi connectivity index (χ4v) is 4.89. The summed E-state index contributed by atoms with van der Waals surface area (Å²) in [4.78, 5) is 33.0. The van der Waals surface area contributed by atoms with Crippen molar-refractivity contribution in [3.05, 3.63) is 77.5 Å². The molecule has 0 radical (unpaired) electrons. The SMILES string of the molecule is CCN(CC)CC(=O)NC1CCN(c2ccc(Nc3cc(NCc4cc(F)cc(F)c4)c(C(N)=O)cn3)cc2)CC1. The molecule has 5 N–H and O–H groups in total. The zero-order chi connectivity index (χ0) is 29.4. The van der Waals surface area contributed by atoms with E-state index in [0.29, 0.717) is 23.6 Å². The summed E-state index contributed by atoms with van der Waals surface area (Å²) in [5.74, 6) is -1.48. The Kier molecular flexibility index (Phi) is 10.1. The van der Waals surface area contributed by atoms with Crippen LogP contribution in [0.1, 0.15) is 42.6 Å². The molecule has 1 aromatic heterocycles. The third-order valence-corrected chi connectivity index (χ3v) is 7.20. The van der Waals surface area contributed by atoms with E-state index in [4.69, 9.17) is 5.73 Å². The van der Waals surface area contributed by atoms with Gasteiger partial charge in [-0.1, -0.05) is 13.8 Å². The van der Waals surface area contributed by atoms with Gasteiger partial charge in [0, 0.05) is 55.4 Å². The lowest BCUT2D eigenvalue weighted by Gasteiger charge is -2.34. The van der Waals surface area contributed by atoms with Gasteiger partial charge in [-0.2, -0.15) is 0 Å². The van der Waals surface area contributed by atoms with Gasteiger partial charge in [-0.05, 0) is 67.9 Å². The van der Waals surface area contributed by atoms with Gasteiger partial charge in [0.05, 0.1) is 17.8 Å². The molecule has 218 valence electrons. The first kappa shape index (κ1) is 29.7. The zero-order valence-corrected chi connectivity index (χ0v) is 23.4. The Balaban J connectivity index is 1.33. The topological polar surface area (TPSA) is 116 Å². The Bertz CT molecular complexity index is 1320. The zero-order valence-electron chi connectivity index (χ0n) is 23.4. The van der Waals surface area contributed by atoms with Gasteiger partial charge in [0.2, 0.25) is 5.91 Å². The maximum absolute atomic E-state index is 13.6. The van der Waals surface area contributed by atoms with Gasteiger partial charge in [-0.15, -0.1) is 0 Å². The van der Waals surface area contributed by atoms with Crippen LogP contribution in [0.15, 0.2) is 54.7 Å². The van der Waals surface area contributed by atoms with Crippen molar-refractivity contribution in [1.29, 1.82) is 0 Å². The fourth-order valence-electron chi connectivity index (χ4n) is 4.89. The molecule has 1 saturated heterocycles. The van der Waals surface area contributed by atoms with Crippen molar-refractivity contribution in [1.82, 2.24) is 15.2 Å². The first-order valence-corrected chi connectivity index (χ1v) is 13.9. The molecule has 1 aliphatic heterocycles. The molecule has 0 spiro atoms. The van der Waals surface area contributed by atoms with Crippen LogP contribution in [-0.2, 0) is 11.3 Å². The third kappa shape index (κ3) is 8.37. The van der Waals surface area contributed by atoms with Gasteiger partial charge < -0.3 is 26.6 Å². The van der Waals surface area contributed by atoms with Gasteiger partial charge in [0.25, 0.3) is 5.91 Å². The fraction of sp³-hybridized carbons (Fsp3) is 0.367. The van der Waals surface area contributed by atoms with Crippen LogP contribution in [0.2, 0.25) is 0 Å². The van der Waals surface area contributed by atoms with E-state index in [9.17, 15) is 18.4 Å². The minimum atomic E-state index is -0.681. The number of primary amides is 1. The Hall–Kier alpha value is -4.25. The minimum Gasteiger partial charge on any atom is -0.380 e. The van der Waals surface area contributed by atoms with E-state index in [2.05, 4.69) is 44.6 Å². The van der Waals surface area contributed by atoms with Gasteiger partial charge in [0.1, 0.15) is 17.5 Å². The summed E-state index contributed by atoms with van der Waals surface area (Å²) in [7, 11) is 0. The summed E-state index contributed by atoms with van der Waals surface area (Å²) in [6.07, 6.45) is 3.13. The lowest BCUT2D eigenvalue weighted by molar-refractivity contribution is -0.123. The molecular formula is C30H37F2N7O2. The van der Waals surface area contributed by atoms with Gasteiger partial charge in [0.15, 0.2) is 0 Å². The molecule has 1 aliphatic rings. The molecule has 11 heteroatoms. The van der Waals surface area contributed by atoms with E-state index in [1.54, 1.807) is 6.07 Å². The van der Waals surface area contributed by atoms with E-state index >= 15 is 0 Å². The molecule has 2 aromatic carbocycles. The second-order valence-electron chi connectivity index (χ2n) is 10.1. The summed E-state index contributed by atoms with van der Waals surface area (Å²) < 4.78 is 27.1. The maximum Gasteiger partial charge on any atom is 0.252 e. The molecule has 2 amide bonds. The van der Waals surface area contributed by atoms with Crippen LogP contribution in [0.3, 0.4) is 0 Å². The summed E-state index contributed by atoms with van der Waals surface area (Å²) >= 11 is 0. The molecule has 1 fully saturated rings. The predicted octanol–water partition coefficient (Wildman–Crippen LogP) is 4.24. The summed E-state index contributed by atoms with van der Waals surface area (Å²) in [6, 6.07) is 13.0. The number of nitrogens with one attached hydrogen (secondary N) is 3. The predicted molar refractivity (Wildman–Crippen MR) is 157 cm³/mol. The highest BCUT2D eigenvalue weighted by Gasteiger charge is 2.21. The lowest BCUT2D eigenvalue weighted by Crippen LogP contribution is -2.47. The third-order valence-electron chi connectivity index (χ3n) is 7.20. The molecule has 4 rings (SSSR count). The standard InChI is InChI=1S/C30H37F2N7O2/c1-3-38(4-2)19-29(40)37-24-9-11-39(12-10-24)25-7-5-23(6-8-25)36-28-16-27(26(18-35-28)30(33)41)34-17-20-13-21(31)15-22(32)14-20/h5-8,13-16,18,24H,3-4,9-12,17,19H2,1-2H3,(H2,33,41)(H,37,40)(H2,34,35,36). The Morgan fingerprint density at radius 1 is 1.02 bits per heavy atom. The number of nitrogens with zero attached hydrogens (tertiary/aromatic N) is 3. The number of carbonyl (C=O) groups is 2. The smallest absolute Gasteiger partial charge is 0.252 e. The van der Waals surface area contributed by atoms with Crippen LogP contribution in [0, 0.1) is 11.6 Å². The number of likely N-dealkylation sites (N-methyl/N-ethyl adjacent to an activating group) is 1. The van der Waals surface area contributed by atoms with Crippen molar-refractivity contribution in [2.45, 2.75) is 39.3 Å². The quantitative estimate of drug-likeness (QED) is 0.260.